The molecule has 1 N–H and O–H groups in total. The summed E-state index contributed by atoms with van der Waals surface area (Å²) in [6, 6.07) is 0.377. The maximum atomic E-state index is 11.6. The lowest BCUT2D eigenvalue weighted by Gasteiger charge is -2.47. The van der Waals surface area contributed by atoms with Gasteiger partial charge in [0.05, 0.1) is 16.9 Å². The van der Waals surface area contributed by atoms with Crippen LogP contribution >= 0.6 is 23.2 Å². The largest absolute Gasteiger partial charge is 0.393 e. The molecule has 0 bridgehead atoms. The Kier molecular flexibility index (Phi) is 6.34. The summed E-state index contributed by atoms with van der Waals surface area (Å²) < 4.78 is 0. The number of likely N-dealkylation sites (tertiary alicyclic amines) is 2. The van der Waals surface area contributed by atoms with Gasteiger partial charge >= 0.3 is 0 Å². The number of hydrogen-bond acceptors (Lipinski definition) is 3. The molecule has 3 fully saturated rings. The van der Waals surface area contributed by atoms with Crippen LogP contribution in [0.15, 0.2) is 0 Å². The number of halogens is 2. The summed E-state index contributed by atoms with van der Waals surface area (Å²) in [7, 11) is 0. The van der Waals surface area contributed by atoms with Gasteiger partial charge in [0.25, 0.3) is 0 Å². The van der Waals surface area contributed by atoms with E-state index in [2.05, 4.69) is 4.90 Å². The number of rotatable bonds is 3. The summed E-state index contributed by atoms with van der Waals surface area (Å²) in [4.78, 5) is 16.1. The number of aliphatic hydroxyl groups is 1. The summed E-state index contributed by atoms with van der Waals surface area (Å²) in [5.41, 5.74) is 0. The van der Waals surface area contributed by atoms with Crippen LogP contribution in [0, 0.1) is 11.8 Å². The molecule has 24 heavy (non-hydrogen) atoms. The van der Waals surface area contributed by atoms with Crippen molar-refractivity contribution in [1.82, 2.24) is 9.80 Å². The van der Waals surface area contributed by atoms with Gasteiger partial charge in [-0.3, -0.25) is 9.69 Å². The molecule has 6 heteroatoms. The zero-order chi connectivity index (χ0) is 17.3. The number of alkyl halides is 2. The van der Waals surface area contributed by atoms with Crippen LogP contribution in [0.2, 0.25) is 0 Å². The Labute approximate surface area is 155 Å². The van der Waals surface area contributed by atoms with Crippen molar-refractivity contribution >= 4 is 29.1 Å². The minimum atomic E-state index is -0.362. The van der Waals surface area contributed by atoms with Gasteiger partial charge in [-0.05, 0) is 57.5 Å². The molecule has 0 aromatic carbocycles. The highest BCUT2D eigenvalue weighted by atomic mass is 35.5. The molecule has 138 valence electrons. The van der Waals surface area contributed by atoms with Crippen molar-refractivity contribution in [2.75, 3.05) is 26.2 Å². The maximum Gasteiger partial charge on any atom is 0.219 e. The lowest BCUT2D eigenvalue weighted by molar-refractivity contribution is -0.130. The second-order valence-corrected chi connectivity index (χ2v) is 8.93. The molecule has 2 aliphatic heterocycles. The average Bonchev–Trinajstić information content (AvgIpc) is 3.07. The van der Waals surface area contributed by atoms with E-state index >= 15 is 0 Å². The Balaban J connectivity index is 1.73. The Morgan fingerprint density at radius 1 is 1.04 bits per heavy atom. The first-order valence-corrected chi connectivity index (χ1v) is 10.3. The number of piperidine rings is 1. The minimum absolute atomic E-state index is 0.0533. The van der Waals surface area contributed by atoms with Crippen molar-refractivity contribution in [3.05, 3.63) is 0 Å². The summed E-state index contributed by atoms with van der Waals surface area (Å²) in [6.45, 7) is 5.59. The third kappa shape index (κ3) is 4.03. The van der Waals surface area contributed by atoms with Gasteiger partial charge in [0.2, 0.25) is 5.91 Å². The minimum Gasteiger partial charge on any atom is -0.393 e. The number of hydrogen-bond donors (Lipinski definition) is 1. The first kappa shape index (κ1) is 18.8. The predicted molar refractivity (Wildman–Crippen MR) is 97.6 cm³/mol. The van der Waals surface area contributed by atoms with Gasteiger partial charge in [-0.15, -0.1) is 23.2 Å². The van der Waals surface area contributed by atoms with E-state index in [1.807, 2.05) is 4.90 Å². The second kappa shape index (κ2) is 8.11. The number of nitrogens with zero attached hydrogens (tertiary/aromatic N) is 2. The summed E-state index contributed by atoms with van der Waals surface area (Å²) in [5.74, 6) is 0.915. The highest BCUT2D eigenvalue weighted by Crippen LogP contribution is 2.40. The Hall–Kier alpha value is -0.0300. The molecule has 1 saturated carbocycles. The van der Waals surface area contributed by atoms with Crippen molar-refractivity contribution < 1.29 is 9.90 Å². The third-order valence-electron chi connectivity index (χ3n) is 6.32. The molecule has 2 saturated heterocycles. The molecule has 5 atom stereocenters. The standard InChI is InChI=1S/C18H30Cl2N2O2/c1-12(23)21-8-4-13(5-9-21)18(22-6-2-3-7-22)14-10-15(19)16(20)11-17(14)24/h13-18,24H,2-11H2,1H3. The first-order valence-electron chi connectivity index (χ1n) is 9.43. The average molecular weight is 377 g/mol. The summed E-state index contributed by atoms with van der Waals surface area (Å²) in [5, 5.41) is 10.5. The van der Waals surface area contributed by atoms with E-state index in [0.29, 0.717) is 18.4 Å². The van der Waals surface area contributed by atoms with Crippen molar-refractivity contribution in [3.63, 3.8) is 0 Å². The molecule has 0 aromatic rings. The Bertz CT molecular complexity index is 437. The smallest absolute Gasteiger partial charge is 0.219 e. The van der Waals surface area contributed by atoms with Gasteiger partial charge in [-0.2, -0.15) is 0 Å². The maximum absolute atomic E-state index is 11.6. The Morgan fingerprint density at radius 3 is 2.21 bits per heavy atom. The molecule has 5 unspecified atom stereocenters. The van der Waals surface area contributed by atoms with E-state index in [1.54, 1.807) is 6.92 Å². The molecule has 3 aliphatic rings. The molecular formula is C18H30Cl2N2O2. The van der Waals surface area contributed by atoms with Crippen LogP contribution in [0.3, 0.4) is 0 Å². The Morgan fingerprint density at radius 2 is 1.62 bits per heavy atom. The topological polar surface area (TPSA) is 43.8 Å². The van der Waals surface area contributed by atoms with Crippen LogP contribution in [0.25, 0.3) is 0 Å². The van der Waals surface area contributed by atoms with Crippen LogP contribution < -0.4 is 0 Å². The zero-order valence-corrected chi connectivity index (χ0v) is 16.1. The van der Waals surface area contributed by atoms with E-state index in [9.17, 15) is 9.90 Å². The van der Waals surface area contributed by atoms with Crippen LogP contribution in [0.5, 0.6) is 0 Å². The molecule has 0 radical (unpaired) electrons. The molecule has 0 aromatic heterocycles. The molecule has 1 aliphatic carbocycles. The fourth-order valence-corrected chi connectivity index (χ4v) is 5.59. The molecule has 0 spiro atoms. The number of carbonyl (C=O) groups is 1. The van der Waals surface area contributed by atoms with Crippen molar-refractivity contribution in [2.45, 2.75) is 68.3 Å². The zero-order valence-electron chi connectivity index (χ0n) is 14.5. The fourth-order valence-electron chi connectivity index (χ4n) is 5.00. The van der Waals surface area contributed by atoms with Gasteiger partial charge in [0.1, 0.15) is 0 Å². The van der Waals surface area contributed by atoms with Gasteiger partial charge in [-0.1, -0.05) is 0 Å². The highest BCUT2D eigenvalue weighted by molar-refractivity contribution is 6.30. The number of amides is 1. The summed E-state index contributed by atoms with van der Waals surface area (Å²) in [6.07, 6.45) is 5.57. The van der Waals surface area contributed by atoms with E-state index in [1.165, 1.54) is 12.8 Å². The quantitative estimate of drug-likeness (QED) is 0.770. The van der Waals surface area contributed by atoms with Gasteiger partial charge in [0.15, 0.2) is 0 Å². The lowest BCUT2D eigenvalue weighted by Crippen LogP contribution is -2.54. The van der Waals surface area contributed by atoms with Gasteiger partial charge in [-0.25, -0.2) is 0 Å². The van der Waals surface area contributed by atoms with Crippen LogP contribution in [0.4, 0.5) is 0 Å². The number of carbonyl (C=O) groups excluding carboxylic acids is 1. The van der Waals surface area contributed by atoms with E-state index in [4.69, 9.17) is 23.2 Å². The van der Waals surface area contributed by atoms with Crippen molar-refractivity contribution in [2.24, 2.45) is 11.8 Å². The number of aliphatic hydroxyl groups excluding tert-OH is 1. The SMILES string of the molecule is CC(=O)N1CCC(C(C2CC(Cl)C(Cl)CC2O)N2CCCC2)CC1. The monoisotopic (exact) mass is 376 g/mol. The van der Waals surface area contributed by atoms with Crippen molar-refractivity contribution in [1.29, 1.82) is 0 Å². The predicted octanol–water partition coefficient (Wildman–Crippen LogP) is 2.70. The van der Waals surface area contributed by atoms with E-state index in [-0.39, 0.29) is 28.7 Å². The van der Waals surface area contributed by atoms with E-state index in [0.717, 1.165) is 45.4 Å². The van der Waals surface area contributed by atoms with E-state index < -0.39 is 0 Å². The van der Waals surface area contributed by atoms with Crippen molar-refractivity contribution in [3.8, 4) is 0 Å². The normalized spacial score (nSPS) is 37.6. The third-order valence-corrected chi connectivity index (χ3v) is 7.41. The second-order valence-electron chi connectivity index (χ2n) is 7.81. The molecule has 4 nitrogen and oxygen atoms in total. The molecule has 1 amide bonds. The van der Waals surface area contributed by atoms with Crippen LogP contribution in [-0.2, 0) is 4.79 Å². The molecular weight excluding hydrogens is 347 g/mol. The van der Waals surface area contributed by atoms with Gasteiger partial charge in [0, 0.05) is 32.0 Å². The van der Waals surface area contributed by atoms with Crippen LogP contribution in [-0.4, -0.2) is 69.9 Å². The fraction of sp³-hybridized carbons (Fsp3) is 0.944. The van der Waals surface area contributed by atoms with Crippen LogP contribution in [0.1, 0.15) is 45.4 Å². The molecule has 3 rings (SSSR count). The first-order chi connectivity index (χ1) is 11.5. The molecule has 2 heterocycles. The highest BCUT2D eigenvalue weighted by Gasteiger charge is 2.44. The lowest BCUT2D eigenvalue weighted by atomic mass is 9.73. The summed E-state index contributed by atoms with van der Waals surface area (Å²) >= 11 is 12.7. The van der Waals surface area contributed by atoms with Gasteiger partial charge < -0.3 is 10.0 Å².